The summed E-state index contributed by atoms with van der Waals surface area (Å²) in [5.41, 5.74) is 3.26. The highest BCUT2D eigenvalue weighted by Crippen LogP contribution is 2.46. The summed E-state index contributed by atoms with van der Waals surface area (Å²) in [6, 6.07) is 14.5. The van der Waals surface area contributed by atoms with E-state index in [1.165, 1.54) is 12.1 Å². The van der Waals surface area contributed by atoms with Gasteiger partial charge in [0.05, 0.1) is 18.2 Å². The third kappa shape index (κ3) is 3.07. The van der Waals surface area contributed by atoms with Crippen molar-refractivity contribution in [2.75, 3.05) is 0 Å². The van der Waals surface area contributed by atoms with Gasteiger partial charge in [0.25, 0.3) is 0 Å². The van der Waals surface area contributed by atoms with E-state index in [0.717, 1.165) is 36.0 Å². The highest BCUT2D eigenvalue weighted by atomic mass is 19.1. The van der Waals surface area contributed by atoms with E-state index in [2.05, 4.69) is 19.9 Å². The molecule has 0 N–H and O–H groups in total. The van der Waals surface area contributed by atoms with E-state index in [1.54, 1.807) is 0 Å². The fourth-order valence-electron chi connectivity index (χ4n) is 3.52. The quantitative estimate of drug-likeness (QED) is 0.748. The Bertz CT molecular complexity index is 760. The molecule has 3 rings (SSSR count). The molecule has 1 aliphatic rings. The average Bonchev–Trinajstić information content (AvgIpc) is 2.94. The maximum atomic E-state index is 13.4. The van der Waals surface area contributed by atoms with Gasteiger partial charge in [-0.1, -0.05) is 38.5 Å². The van der Waals surface area contributed by atoms with Crippen LogP contribution in [-0.2, 0) is 16.9 Å². The van der Waals surface area contributed by atoms with Crippen LogP contribution in [0.15, 0.2) is 42.5 Å². The second-order valence-corrected chi connectivity index (χ2v) is 6.89. The number of nitrogens with zero attached hydrogens (tertiary/aromatic N) is 1. The Morgan fingerprint density at radius 3 is 2.62 bits per heavy atom. The first kappa shape index (κ1) is 16.7. The molecule has 0 fully saturated rings. The molecule has 0 radical (unpaired) electrons. The van der Waals surface area contributed by atoms with Gasteiger partial charge in [0, 0.05) is 0 Å². The van der Waals surface area contributed by atoms with Crippen molar-refractivity contribution in [2.24, 2.45) is 5.92 Å². The molecule has 3 heteroatoms. The van der Waals surface area contributed by atoms with Crippen LogP contribution in [0.3, 0.4) is 0 Å². The van der Waals surface area contributed by atoms with Crippen LogP contribution in [-0.4, -0.2) is 0 Å². The van der Waals surface area contributed by atoms with Gasteiger partial charge in [-0.15, -0.1) is 0 Å². The number of halogens is 1. The molecule has 1 aliphatic heterocycles. The maximum absolute atomic E-state index is 13.4. The summed E-state index contributed by atoms with van der Waals surface area (Å²) >= 11 is 0. The van der Waals surface area contributed by atoms with Crippen molar-refractivity contribution in [3.05, 3.63) is 70.5 Å². The van der Waals surface area contributed by atoms with Crippen LogP contribution in [0.4, 0.5) is 4.39 Å². The van der Waals surface area contributed by atoms with Crippen LogP contribution >= 0.6 is 0 Å². The summed E-state index contributed by atoms with van der Waals surface area (Å²) in [5.74, 6) is 0.395. The van der Waals surface area contributed by atoms with Crippen molar-refractivity contribution in [2.45, 2.75) is 45.3 Å². The topological polar surface area (TPSA) is 33.0 Å². The van der Waals surface area contributed by atoms with Gasteiger partial charge in [-0.2, -0.15) is 5.26 Å². The second-order valence-electron chi connectivity index (χ2n) is 6.89. The molecular weight excluding hydrogens is 301 g/mol. The van der Waals surface area contributed by atoms with Crippen LogP contribution in [0.5, 0.6) is 0 Å². The highest BCUT2D eigenvalue weighted by molar-refractivity contribution is 5.47. The SMILES string of the molecule is CC(C)CCCC1(c2ccc(F)cc2)OCc2cc(C#N)ccc21. The smallest absolute Gasteiger partial charge is 0.123 e. The fraction of sp³-hybridized carbons (Fsp3) is 0.381. The van der Waals surface area contributed by atoms with E-state index >= 15 is 0 Å². The second kappa shape index (κ2) is 6.75. The van der Waals surface area contributed by atoms with Crippen LogP contribution < -0.4 is 0 Å². The Labute approximate surface area is 142 Å². The molecule has 0 saturated heterocycles. The first-order valence-corrected chi connectivity index (χ1v) is 8.48. The van der Waals surface area contributed by atoms with Crippen LogP contribution in [0.2, 0.25) is 0 Å². The molecule has 0 bridgehead atoms. The molecule has 1 unspecified atom stereocenters. The summed E-state index contributed by atoms with van der Waals surface area (Å²) in [4.78, 5) is 0. The average molecular weight is 323 g/mol. The predicted molar refractivity (Wildman–Crippen MR) is 91.8 cm³/mol. The monoisotopic (exact) mass is 323 g/mol. The molecule has 24 heavy (non-hydrogen) atoms. The van der Waals surface area contributed by atoms with Gasteiger partial charge in [0.15, 0.2) is 0 Å². The summed E-state index contributed by atoms with van der Waals surface area (Å²) in [6.45, 7) is 4.92. The summed E-state index contributed by atoms with van der Waals surface area (Å²) in [7, 11) is 0. The number of benzene rings is 2. The molecule has 2 nitrogen and oxygen atoms in total. The zero-order valence-electron chi connectivity index (χ0n) is 14.2. The number of fused-ring (bicyclic) bond motifs is 1. The maximum Gasteiger partial charge on any atom is 0.123 e. The third-order valence-corrected chi connectivity index (χ3v) is 4.76. The molecule has 0 aromatic heterocycles. The highest BCUT2D eigenvalue weighted by Gasteiger charge is 2.41. The lowest BCUT2D eigenvalue weighted by molar-refractivity contribution is -0.0138. The number of hydrogen-bond acceptors (Lipinski definition) is 2. The van der Waals surface area contributed by atoms with Crippen molar-refractivity contribution in [1.29, 1.82) is 5.26 Å². The van der Waals surface area contributed by atoms with Gasteiger partial charge < -0.3 is 4.74 Å². The lowest BCUT2D eigenvalue weighted by Gasteiger charge is -2.31. The van der Waals surface area contributed by atoms with Crippen molar-refractivity contribution in [3.8, 4) is 6.07 Å². The van der Waals surface area contributed by atoms with E-state index in [9.17, 15) is 4.39 Å². The minimum absolute atomic E-state index is 0.242. The van der Waals surface area contributed by atoms with Crippen molar-refractivity contribution < 1.29 is 9.13 Å². The van der Waals surface area contributed by atoms with E-state index in [4.69, 9.17) is 10.00 Å². The van der Waals surface area contributed by atoms with E-state index in [1.807, 2.05) is 30.3 Å². The van der Waals surface area contributed by atoms with Crippen LogP contribution in [0.25, 0.3) is 0 Å². The molecule has 0 aliphatic carbocycles. The molecule has 0 amide bonds. The summed E-state index contributed by atoms with van der Waals surface area (Å²) in [6.07, 6.45) is 3.02. The number of hydrogen-bond donors (Lipinski definition) is 0. The largest absolute Gasteiger partial charge is 0.361 e. The number of ether oxygens (including phenoxy) is 1. The Morgan fingerprint density at radius 1 is 1.21 bits per heavy atom. The normalized spacial score (nSPS) is 19.3. The van der Waals surface area contributed by atoms with E-state index in [0.29, 0.717) is 18.1 Å². The molecule has 2 aromatic carbocycles. The van der Waals surface area contributed by atoms with Gasteiger partial charge >= 0.3 is 0 Å². The molecule has 1 heterocycles. The summed E-state index contributed by atoms with van der Waals surface area (Å²) < 4.78 is 19.7. The van der Waals surface area contributed by atoms with Crippen molar-refractivity contribution >= 4 is 0 Å². The standard InChI is InChI=1S/C21H22FNO/c1-15(2)4-3-11-21(18-6-8-19(22)9-7-18)20-10-5-16(13-23)12-17(20)14-24-21/h5-10,12,15H,3-4,11,14H2,1-2H3. The Morgan fingerprint density at radius 2 is 1.96 bits per heavy atom. The summed E-state index contributed by atoms with van der Waals surface area (Å²) in [5, 5.41) is 9.12. The van der Waals surface area contributed by atoms with Gasteiger partial charge in [0.2, 0.25) is 0 Å². The Kier molecular flexibility index (Phi) is 4.69. The first-order valence-electron chi connectivity index (χ1n) is 8.48. The molecule has 0 spiro atoms. The van der Waals surface area contributed by atoms with Crippen LogP contribution in [0, 0.1) is 23.1 Å². The number of rotatable bonds is 5. The first-order chi connectivity index (χ1) is 11.5. The minimum Gasteiger partial charge on any atom is -0.361 e. The minimum atomic E-state index is -0.536. The zero-order chi connectivity index (χ0) is 17.2. The fourth-order valence-corrected chi connectivity index (χ4v) is 3.52. The molecule has 124 valence electrons. The van der Waals surface area contributed by atoms with Crippen molar-refractivity contribution in [3.63, 3.8) is 0 Å². The molecular formula is C21H22FNO. The van der Waals surface area contributed by atoms with Gasteiger partial charge in [-0.05, 0) is 59.7 Å². The molecule has 0 saturated carbocycles. The van der Waals surface area contributed by atoms with Crippen molar-refractivity contribution in [1.82, 2.24) is 0 Å². The zero-order valence-corrected chi connectivity index (χ0v) is 14.2. The van der Waals surface area contributed by atoms with E-state index in [-0.39, 0.29) is 5.82 Å². The lowest BCUT2D eigenvalue weighted by Crippen LogP contribution is -2.27. The lowest BCUT2D eigenvalue weighted by atomic mass is 9.81. The van der Waals surface area contributed by atoms with Crippen LogP contribution in [0.1, 0.15) is 55.4 Å². The van der Waals surface area contributed by atoms with Gasteiger partial charge in [-0.3, -0.25) is 0 Å². The molecule has 1 atom stereocenters. The number of nitriles is 1. The molecule has 2 aromatic rings. The van der Waals surface area contributed by atoms with E-state index < -0.39 is 5.60 Å². The van der Waals surface area contributed by atoms with Gasteiger partial charge in [0.1, 0.15) is 11.4 Å². The predicted octanol–water partition coefficient (Wildman–Crippen LogP) is 5.30. The Hall–Kier alpha value is -2.18. The third-order valence-electron chi connectivity index (χ3n) is 4.76. The van der Waals surface area contributed by atoms with Gasteiger partial charge in [-0.25, -0.2) is 4.39 Å². The Balaban J connectivity index is 2.02.